The molecule has 0 N–H and O–H groups in total. The summed E-state index contributed by atoms with van der Waals surface area (Å²) in [5.41, 5.74) is 3.02. The van der Waals surface area contributed by atoms with Gasteiger partial charge in [-0.3, -0.25) is 4.98 Å². The molecule has 1 aliphatic heterocycles. The van der Waals surface area contributed by atoms with Crippen LogP contribution in [0.25, 0.3) is 21.9 Å². The Morgan fingerprint density at radius 1 is 1.16 bits per heavy atom. The van der Waals surface area contributed by atoms with Crippen molar-refractivity contribution in [1.82, 2.24) is 9.29 Å². The summed E-state index contributed by atoms with van der Waals surface area (Å²) in [7, 11) is -3.16. The zero-order valence-corrected chi connectivity index (χ0v) is 18.3. The van der Waals surface area contributed by atoms with Gasteiger partial charge in [-0.1, -0.05) is 24.3 Å². The van der Waals surface area contributed by atoms with Gasteiger partial charge in [0.05, 0.1) is 18.2 Å². The van der Waals surface area contributed by atoms with Crippen molar-refractivity contribution in [3.8, 4) is 22.9 Å². The summed E-state index contributed by atoms with van der Waals surface area (Å²) in [6.07, 6.45) is 5.19. The third-order valence-electron chi connectivity index (χ3n) is 5.71. The van der Waals surface area contributed by atoms with Crippen molar-refractivity contribution in [2.45, 2.75) is 32.3 Å². The highest BCUT2D eigenvalue weighted by atomic mass is 32.2. The number of piperidine rings is 1. The lowest BCUT2D eigenvalue weighted by Gasteiger charge is -2.31. The monoisotopic (exact) mass is 435 g/mol. The standard InChI is InChI=1S/C24H25N3O3S/c1-2-31(28,29)27-12-8-22(9-13-27)30-24-16-21(15-20-7-11-26-17-23(20)24)19-5-3-4-18(14-19)6-10-25/h3-5,7,11,14-17,22H,2,6,8-9,12-13H2,1H3. The van der Waals surface area contributed by atoms with Crippen molar-refractivity contribution in [2.24, 2.45) is 0 Å². The molecule has 1 fully saturated rings. The second-order valence-corrected chi connectivity index (χ2v) is 9.98. The van der Waals surface area contributed by atoms with E-state index in [0.717, 1.165) is 33.2 Å². The molecule has 0 aliphatic carbocycles. The number of ether oxygens (including phenoxy) is 1. The molecule has 0 atom stereocenters. The van der Waals surface area contributed by atoms with Gasteiger partial charge in [-0.2, -0.15) is 5.26 Å². The van der Waals surface area contributed by atoms with Crippen LogP contribution in [-0.2, 0) is 16.4 Å². The average Bonchev–Trinajstić information content (AvgIpc) is 2.80. The van der Waals surface area contributed by atoms with Crippen LogP contribution in [0.2, 0.25) is 0 Å². The maximum absolute atomic E-state index is 12.1. The van der Waals surface area contributed by atoms with Crippen LogP contribution in [0.4, 0.5) is 0 Å². The predicted molar refractivity (Wildman–Crippen MR) is 121 cm³/mol. The van der Waals surface area contributed by atoms with Crippen LogP contribution in [-0.4, -0.2) is 42.7 Å². The topological polar surface area (TPSA) is 83.3 Å². The fraction of sp³-hybridized carbons (Fsp3) is 0.333. The van der Waals surface area contributed by atoms with E-state index in [-0.39, 0.29) is 11.9 Å². The predicted octanol–water partition coefficient (Wildman–Crippen LogP) is 4.16. The van der Waals surface area contributed by atoms with Crippen LogP contribution in [0.15, 0.2) is 54.9 Å². The molecule has 0 unspecified atom stereocenters. The molecule has 0 radical (unpaired) electrons. The van der Waals surface area contributed by atoms with E-state index >= 15 is 0 Å². The Morgan fingerprint density at radius 2 is 1.97 bits per heavy atom. The SMILES string of the molecule is CCS(=O)(=O)N1CCC(Oc2cc(-c3cccc(CC#N)c3)cc3ccncc23)CC1. The summed E-state index contributed by atoms with van der Waals surface area (Å²) in [5.74, 6) is 0.880. The lowest BCUT2D eigenvalue weighted by molar-refractivity contribution is 0.137. The second kappa shape index (κ2) is 9.04. The number of benzene rings is 2. The third-order valence-corrected chi connectivity index (χ3v) is 7.60. The number of sulfonamides is 1. The Bertz CT molecular complexity index is 1230. The van der Waals surface area contributed by atoms with E-state index in [1.807, 2.05) is 36.4 Å². The van der Waals surface area contributed by atoms with Gasteiger partial charge in [-0.15, -0.1) is 0 Å². The molecule has 1 aliphatic rings. The van der Waals surface area contributed by atoms with E-state index in [9.17, 15) is 8.42 Å². The number of fused-ring (bicyclic) bond motifs is 1. The highest BCUT2D eigenvalue weighted by Gasteiger charge is 2.28. The smallest absolute Gasteiger partial charge is 0.213 e. The van der Waals surface area contributed by atoms with Crippen molar-refractivity contribution in [3.05, 3.63) is 60.4 Å². The van der Waals surface area contributed by atoms with E-state index in [1.165, 1.54) is 0 Å². The molecule has 0 saturated carbocycles. The van der Waals surface area contributed by atoms with Gasteiger partial charge in [0.2, 0.25) is 10.0 Å². The molecular weight excluding hydrogens is 410 g/mol. The van der Waals surface area contributed by atoms with Gasteiger partial charge in [-0.05, 0) is 60.0 Å². The van der Waals surface area contributed by atoms with E-state index in [2.05, 4.69) is 17.1 Å². The van der Waals surface area contributed by atoms with E-state index in [4.69, 9.17) is 10.00 Å². The Kier molecular flexibility index (Phi) is 6.21. The van der Waals surface area contributed by atoms with E-state index in [0.29, 0.717) is 32.4 Å². The second-order valence-electron chi connectivity index (χ2n) is 7.72. The van der Waals surface area contributed by atoms with Crippen LogP contribution >= 0.6 is 0 Å². The average molecular weight is 436 g/mol. The summed E-state index contributed by atoms with van der Waals surface area (Å²) in [6.45, 7) is 2.63. The van der Waals surface area contributed by atoms with Crippen molar-refractivity contribution >= 4 is 20.8 Å². The first-order valence-corrected chi connectivity index (χ1v) is 12.1. The van der Waals surface area contributed by atoms with E-state index in [1.54, 1.807) is 23.6 Å². The van der Waals surface area contributed by atoms with Crippen molar-refractivity contribution < 1.29 is 13.2 Å². The minimum absolute atomic E-state index is 0.0492. The first-order chi connectivity index (χ1) is 15.0. The Hall–Kier alpha value is -2.95. The number of nitriles is 1. The number of hydrogen-bond donors (Lipinski definition) is 0. The minimum Gasteiger partial charge on any atom is -0.490 e. The highest BCUT2D eigenvalue weighted by Crippen LogP contribution is 2.34. The maximum Gasteiger partial charge on any atom is 0.213 e. The van der Waals surface area contributed by atoms with Gasteiger partial charge in [-0.25, -0.2) is 12.7 Å². The molecule has 7 heteroatoms. The Labute approximate surface area is 183 Å². The largest absolute Gasteiger partial charge is 0.490 e. The number of aromatic nitrogens is 1. The number of hydrogen-bond acceptors (Lipinski definition) is 5. The number of rotatable bonds is 6. The first-order valence-electron chi connectivity index (χ1n) is 10.5. The van der Waals surface area contributed by atoms with E-state index < -0.39 is 10.0 Å². The Morgan fingerprint density at radius 3 is 2.71 bits per heavy atom. The van der Waals surface area contributed by atoms with Crippen LogP contribution < -0.4 is 4.74 Å². The molecule has 1 saturated heterocycles. The highest BCUT2D eigenvalue weighted by molar-refractivity contribution is 7.89. The fourth-order valence-corrected chi connectivity index (χ4v) is 5.10. The summed E-state index contributed by atoms with van der Waals surface area (Å²) < 4.78 is 32.2. The van der Waals surface area contributed by atoms with Crippen molar-refractivity contribution in [2.75, 3.05) is 18.8 Å². The molecule has 3 aromatic rings. The molecule has 0 spiro atoms. The Balaban J connectivity index is 1.62. The maximum atomic E-state index is 12.1. The normalized spacial score (nSPS) is 15.6. The molecule has 2 aromatic carbocycles. The summed E-state index contributed by atoms with van der Waals surface area (Å²) in [6, 6.07) is 16.3. The van der Waals surface area contributed by atoms with Crippen LogP contribution in [0.3, 0.4) is 0 Å². The lowest BCUT2D eigenvalue weighted by atomic mass is 9.99. The molecular formula is C24H25N3O3S. The summed E-state index contributed by atoms with van der Waals surface area (Å²) in [4.78, 5) is 4.26. The zero-order chi connectivity index (χ0) is 21.8. The minimum atomic E-state index is -3.16. The van der Waals surface area contributed by atoms with Gasteiger partial charge in [0, 0.05) is 30.9 Å². The molecule has 2 heterocycles. The van der Waals surface area contributed by atoms with Gasteiger partial charge in [0.1, 0.15) is 11.9 Å². The van der Waals surface area contributed by atoms with Crippen LogP contribution in [0, 0.1) is 11.3 Å². The number of pyridine rings is 1. The van der Waals surface area contributed by atoms with Gasteiger partial charge in [0.25, 0.3) is 0 Å². The molecule has 0 amide bonds. The summed E-state index contributed by atoms with van der Waals surface area (Å²) >= 11 is 0. The molecule has 160 valence electrons. The zero-order valence-electron chi connectivity index (χ0n) is 17.5. The van der Waals surface area contributed by atoms with Gasteiger partial charge in [0.15, 0.2) is 0 Å². The van der Waals surface area contributed by atoms with Gasteiger partial charge >= 0.3 is 0 Å². The van der Waals surface area contributed by atoms with Crippen LogP contribution in [0.1, 0.15) is 25.3 Å². The first kappa shape index (κ1) is 21.3. The molecule has 4 rings (SSSR count). The van der Waals surface area contributed by atoms with Crippen molar-refractivity contribution in [3.63, 3.8) is 0 Å². The molecule has 0 bridgehead atoms. The molecule has 31 heavy (non-hydrogen) atoms. The lowest BCUT2D eigenvalue weighted by Crippen LogP contribution is -2.42. The fourth-order valence-electron chi connectivity index (χ4n) is 3.97. The summed E-state index contributed by atoms with van der Waals surface area (Å²) in [5, 5.41) is 11.0. The third kappa shape index (κ3) is 4.71. The number of nitrogens with zero attached hydrogens (tertiary/aromatic N) is 3. The van der Waals surface area contributed by atoms with Crippen molar-refractivity contribution in [1.29, 1.82) is 5.26 Å². The molecule has 1 aromatic heterocycles. The van der Waals surface area contributed by atoms with Gasteiger partial charge < -0.3 is 4.74 Å². The van der Waals surface area contributed by atoms with Crippen LogP contribution in [0.5, 0.6) is 5.75 Å². The molecule has 6 nitrogen and oxygen atoms in total. The quantitative estimate of drug-likeness (QED) is 0.581.